The average Bonchev–Trinajstić information content (AvgIpc) is 3.03. The number of ether oxygens (including phenoxy) is 1. The minimum Gasteiger partial charge on any atom is -0.496 e. The number of rotatable bonds is 5. The van der Waals surface area contributed by atoms with Crippen LogP contribution in [0, 0.1) is 0 Å². The molecule has 0 radical (unpaired) electrons. The molecule has 0 aliphatic heterocycles. The summed E-state index contributed by atoms with van der Waals surface area (Å²) in [5, 5.41) is 3.13. The van der Waals surface area contributed by atoms with Crippen molar-refractivity contribution in [3.05, 3.63) is 51.9 Å². The number of furan rings is 1. The van der Waals surface area contributed by atoms with Crippen LogP contribution in [0.15, 0.2) is 39.4 Å². The zero-order chi connectivity index (χ0) is 16.2. The topological polar surface area (TPSA) is 51.5 Å². The molecule has 5 heteroatoms. The van der Waals surface area contributed by atoms with Crippen molar-refractivity contribution in [3.63, 3.8) is 0 Å². The van der Waals surface area contributed by atoms with Gasteiger partial charge in [-0.2, -0.15) is 0 Å². The van der Waals surface area contributed by atoms with Crippen molar-refractivity contribution in [3.8, 4) is 5.75 Å². The molecule has 1 aliphatic carbocycles. The highest BCUT2D eigenvalue weighted by molar-refractivity contribution is 9.10. The summed E-state index contributed by atoms with van der Waals surface area (Å²) in [6.07, 6.45) is 5.89. The molecule has 3 rings (SSSR count). The molecule has 0 saturated heterocycles. The molecule has 0 fully saturated rings. The van der Waals surface area contributed by atoms with E-state index in [4.69, 9.17) is 9.15 Å². The highest BCUT2D eigenvalue weighted by Gasteiger charge is 2.23. The highest BCUT2D eigenvalue weighted by atomic mass is 79.9. The zero-order valence-electron chi connectivity index (χ0n) is 13.1. The predicted molar refractivity (Wildman–Crippen MR) is 91.5 cm³/mol. The standard InChI is InChI=1S/C18H20BrNO3/c1-22-17-7-5-12(11-14(17)19)6-8-18(21)20-15-3-2-4-16-13(15)9-10-23-16/h5,7,9-11,15H,2-4,6,8H2,1H3,(H,20,21). The molecule has 1 aromatic heterocycles. The first-order chi connectivity index (χ1) is 11.2. The van der Waals surface area contributed by atoms with Crippen molar-refractivity contribution < 1.29 is 13.9 Å². The second kappa shape index (κ2) is 7.21. The second-order valence-electron chi connectivity index (χ2n) is 5.78. The molecule has 1 aliphatic rings. The molecule has 23 heavy (non-hydrogen) atoms. The Morgan fingerprint density at radius 1 is 1.43 bits per heavy atom. The first kappa shape index (κ1) is 16.1. The number of fused-ring (bicyclic) bond motifs is 1. The Hall–Kier alpha value is -1.75. The lowest BCUT2D eigenvalue weighted by Gasteiger charge is -2.22. The maximum atomic E-state index is 12.2. The van der Waals surface area contributed by atoms with Crippen LogP contribution in [-0.2, 0) is 17.6 Å². The summed E-state index contributed by atoms with van der Waals surface area (Å²) in [5.74, 6) is 1.89. The molecule has 0 spiro atoms. The van der Waals surface area contributed by atoms with Crippen LogP contribution in [0.4, 0.5) is 0 Å². The van der Waals surface area contributed by atoms with Crippen molar-refractivity contribution in [1.29, 1.82) is 0 Å². The van der Waals surface area contributed by atoms with Crippen molar-refractivity contribution in [2.45, 2.75) is 38.1 Å². The van der Waals surface area contributed by atoms with Crippen LogP contribution in [0.2, 0.25) is 0 Å². The second-order valence-corrected chi connectivity index (χ2v) is 6.63. The maximum absolute atomic E-state index is 12.2. The van der Waals surface area contributed by atoms with Gasteiger partial charge in [-0.25, -0.2) is 0 Å². The van der Waals surface area contributed by atoms with Crippen LogP contribution in [-0.4, -0.2) is 13.0 Å². The van der Waals surface area contributed by atoms with Gasteiger partial charge in [0.05, 0.1) is 23.9 Å². The van der Waals surface area contributed by atoms with Crippen LogP contribution in [0.1, 0.15) is 42.2 Å². The van der Waals surface area contributed by atoms with Gasteiger partial charge in [-0.05, 0) is 59.0 Å². The van der Waals surface area contributed by atoms with Gasteiger partial charge in [-0.3, -0.25) is 4.79 Å². The quantitative estimate of drug-likeness (QED) is 0.850. The highest BCUT2D eigenvalue weighted by Crippen LogP contribution is 2.30. The molecular formula is C18H20BrNO3. The Morgan fingerprint density at radius 2 is 2.30 bits per heavy atom. The number of nitrogens with one attached hydrogen (secondary N) is 1. The molecule has 1 atom stereocenters. The molecule has 1 unspecified atom stereocenters. The van der Waals surface area contributed by atoms with Crippen molar-refractivity contribution in [2.75, 3.05) is 7.11 Å². The lowest BCUT2D eigenvalue weighted by molar-refractivity contribution is -0.121. The first-order valence-electron chi connectivity index (χ1n) is 7.85. The van der Waals surface area contributed by atoms with Crippen molar-refractivity contribution >= 4 is 21.8 Å². The summed E-state index contributed by atoms with van der Waals surface area (Å²) in [5.41, 5.74) is 2.25. The molecule has 1 N–H and O–H groups in total. The zero-order valence-corrected chi connectivity index (χ0v) is 14.7. The van der Waals surface area contributed by atoms with Gasteiger partial charge in [-0.1, -0.05) is 6.07 Å². The monoisotopic (exact) mass is 377 g/mol. The van der Waals surface area contributed by atoms with Gasteiger partial charge >= 0.3 is 0 Å². The molecule has 0 bridgehead atoms. The molecule has 2 aromatic rings. The van der Waals surface area contributed by atoms with Crippen LogP contribution < -0.4 is 10.1 Å². The molecule has 122 valence electrons. The molecule has 1 amide bonds. The number of halogens is 1. The largest absolute Gasteiger partial charge is 0.496 e. The smallest absolute Gasteiger partial charge is 0.220 e. The van der Waals surface area contributed by atoms with E-state index in [1.807, 2.05) is 24.3 Å². The number of hydrogen-bond acceptors (Lipinski definition) is 3. The Bertz CT molecular complexity index is 695. The third-order valence-electron chi connectivity index (χ3n) is 4.24. The summed E-state index contributed by atoms with van der Waals surface area (Å²) < 4.78 is 11.6. The number of aryl methyl sites for hydroxylation is 2. The minimum atomic E-state index is 0.0796. The first-order valence-corrected chi connectivity index (χ1v) is 8.64. The Kier molecular flexibility index (Phi) is 5.06. The van der Waals surface area contributed by atoms with E-state index >= 15 is 0 Å². The van der Waals surface area contributed by atoms with Gasteiger partial charge < -0.3 is 14.5 Å². The number of carbonyl (C=O) groups is 1. The van der Waals surface area contributed by atoms with E-state index in [1.54, 1.807) is 13.4 Å². The summed E-state index contributed by atoms with van der Waals surface area (Å²) in [4.78, 5) is 12.2. The summed E-state index contributed by atoms with van der Waals surface area (Å²) >= 11 is 3.47. The SMILES string of the molecule is COc1ccc(CCC(=O)NC2CCCc3occc32)cc1Br. The summed E-state index contributed by atoms with van der Waals surface area (Å²) in [6.45, 7) is 0. The van der Waals surface area contributed by atoms with Crippen molar-refractivity contribution in [2.24, 2.45) is 0 Å². The molecule has 0 saturated carbocycles. The van der Waals surface area contributed by atoms with Gasteiger partial charge in [0.15, 0.2) is 0 Å². The Morgan fingerprint density at radius 3 is 3.09 bits per heavy atom. The van der Waals surface area contributed by atoms with E-state index in [0.29, 0.717) is 12.8 Å². The molecule has 1 aromatic carbocycles. The predicted octanol–water partition coefficient (Wildman–Crippen LogP) is 4.18. The fraction of sp³-hybridized carbons (Fsp3) is 0.389. The molecule has 1 heterocycles. The number of amides is 1. The van der Waals surface area contributed by atoms with E-state index in [1.165, 1.54) is 0 Å². The number of carbonyl (C=O) groups excluding carboxylic acids is 1. The number of methoxy groups -OCH3 is 1. The average molecular weight is 378 g/mol. The van der Waals surface area contributed by atoms with Crippen LogP contribution >= 0.6 is 15.9 Å². The molecular weight excluding hydrogens is 358 g/mol. The lowest BCUT2D eigenvalue weighted by atomic mass is 9.93. The van der Waals surface area contributed by atoms with Gasteiger partial charge in [0.2, 0.25) is 5.91 Å². The van der Waals surface area contributed by atoms with Gasteiger partial charge in [0, 0.05) is 18.4 Å². The van der Waals surface area contributed by atoms with Gasteiger partial charge in [0.25, 0.3) is 0 Å². The van der Waals surface area contributed by atoms with E-state index in [2.05, 4.69) is 21.2 Å². The van der Waals surface area contributed by atoms with Crippen LogP contribution in [0.5, 0.6) is 5.75 Å². The van der Waals surface area contributed by atoms with Crippen LogP contribution in [0.25, 0.3) is 0 Å². The number of benzene rings is 1. The minimum absolute atomic E-state index is 0.0796. The Labute approximate surface area is 144 Å². The Balaban J connectivity index is 1.56. The maximum Gasteiger partial charge on any atom is 0.220 e. The lowest BCUT2D eigenvalue weighted by Crippen LogP contribution is -2.30. The van der Waals surface area contributed by atoms with E-state index < -0.39 is 0 Å². The van der Waals surface area contributed by atoms with Gasteiger partial charge in [0.1, 0.15) is 11.5 Å². The van der Waals surface area contributed by atoms with Crippen LogP contribution in [0.3, 0.4) is 0 Å². The van der Waals surface area contributed by atoms with E-state index in [0.717, 1.165) is 46.4 Å². The van der Waals surface area contributed by atoms with Gasteiger partial charge in [-0.15, -0.1) is 0 Å². The molecule has 4 nitrogen and oxygen atoms in total. The third kappa shape index (κ3) is 3.78. The fourth-order valence-electron chi connectivity index (χ4n) is 3.03. The van der Waals surface area contributed by atoms with E-state index in [9.17, 15) is 4.79 Å². The van der Waals surface area contributed by atoms with Crippen molar-refractivity contribution in [1.82, 2.24) is 5.32 Å². The third-order valence-corrected chi connectivity index (χ3v) is 4.86. The normalized spacial score (nSPS) is 16.7. The fourth-order valence-corrected chi connectivity index (χ4v) is 3.61. The van der Waals surface area contributed by atoms with E-state index in [-0.39, 0.29) is 11.9 Å². The number of hydrogen-bond donors (Lipinski definition) is 1. The summed E-state index contributed by atoms with van der Waals surface area (Å²) in [6, 6.07) is 7.97. The summed E-state index contributed by atoms with van der Waals surface area (Å²) in [7, 11) is 1.64.